The summed E-state index contributed by atoms with van der Waals surface area (Å²) in [6, 6.07) is 0. The zero-order valence-corrected chi connectivity index (χ0v) is 17.4. The average Bonchev–Trinajstić information content (AvgIpc) is 2.93. The van der Waals surface area contributed by atoms with Crippen LogP contribution in [0.15, 0.2) is 0 Å². The Morgan fingerprint density at radius 3 is 2.25 bits per heavy atom. The Morgan fingerprint density at radius 1 is 0.750 bits per heavy atom. The Kier molecular flexibility index (Phi) is 5.73. The van der Waals surface area contributed by atoms with Gasteiger partial charge in [0.05, 0.1) is 0 Å². The highest BCUT2D eigenvalue weighted by molar-refractivity contribution is 5.08. The number of rotatable bonds is 2. The van der Waals surface area contributed by atoms with Gasteiger partial charge in [0.1, 0.15) is 0 Å². The minimum absolute atomic E-state index is 0.717. The van der Waals surface area contributed by atoms with E-state index in [-0.39, 0.29) is 0 Å². The van der Waals surface area contributed by atoms with E-state index in [0.717, 1.165) is 40.4 Å². The highest BCUT2D eigenvalue weighted by atomic mass is 14.6. The quantitative estimate of drug-likeness (QED) is 0.482. The van der Waals surface area contributed by atoms with Gasteiger partial charge in [-0.25, -0.2) is 0 Å². The second kappa shape index (κ2) is 7.32. The first-order valence-electron chi connectivity index (χ1n) is 11.6. The molecule has 0 aromatic heterocycles. The Hall–Kier alpha value is 0. The van der Waals surface area contributed by atoms with E-state index in [1.807, 2.05) is 13.8 Å². The molecular formula is C24H44. The second-order valence-electron chi connectivity index (χ2n) is 10.0. The van der Waals surface area contributed by atoms with Gasteiger partial charge in [0, 0.05) is 0 Å². The molecule has 7 unspecified atom stereocenters. The van der Waals surface area contributed by atoms with Crippen LogP contribution >= 0.6 is 0 Å². The van der Waals surface area contributed by atoms with E-state index in [0.29, 0.717) is 0 Å². The molecule has 0 radical (unpaired) electrons. The smallest absolute Gasteiger partial charge is 0.0266 e. The summed E-state index contributed by atoms with van der Waals surface area (Å²) in [5.41, 5.74) is 1.44. The normalized spacial score (nSPS) is 50.1. The van der Waals surface area contributed by atoms with Gasteiger partial charge in [-0.1, -0.05) is 60.3 Å². The summed E-state index contributed by atoms with van der Waals surface area (Å²) in [5, 5.41) is 0. The molecule has 4 rings (SSSR count). The van der Waals surface area contributed by atoms with Crippen LogP contribution in [0.2, 0.25) is 0 Å². The summed E-state index contributed by atoms with van der Waals surface area (Å²) in [7, 11) is 0. The lowest BCUT2D eigenvalue weighted by Gasteiger charge is -2.60. The van der Waals surface area contributed by atoms with Crippen molar-refractivity contribution < 1.29 is 0 Å². The van der Waals surface area contributed by atoms with Crippen LogP contribution in [0.1, 0.15) is 112 Å². The van der Waals surface area contributed by atoms with Crippen molar-refractivity contribution in [3.63, 3.8) is 0 Å². The maximum absolute atomic E-state index is 2.72. The fraction of sp³-hybridized carbons (Fsp3) is 1.00. The molecule has 0 nitrogen and oxygen atoms in total. The molecule has 4 aliphatic rings. The van der Waals surface area contributed by atoms with Crippen molar-refractivity contribution in [2.24, 2.45) is 40.4 Å². The van der Waals surface area contributed by atoms with E-state index < -0.39 is 0 Å². The second-order valence-corrected chi connectivity index (χ2v) is 10.0. The summed E-state index contributed by atoms with van der Waals surface area (Å²) >= 11 is 0. The van der Waals surface area contributed by atoms with Crippen LogP contribution < -0.4 is 0 Å². The van der Waals surface area contributed by atoms with Crippen LogP contribution in [-0.2, 0) is 0 Å². The maximum atomic E-state index is 2.72. The third kappa shape index (κ3) is 2.79. The third-order valence-corrected chi connectivity index (χ3v) is 9.42. The highest BCUT2D eigenvalue weighted by Gasteiger charge is 2.59. The Morgan fingerprint density at radius 2 is 1.50 bits per heavy atom. The summed E-state index contributed by atoms with van der Waals surface area (Å²) in [4.78, 5) is 0. The topological polar surface area (TPSA) is 0 Å². The molecule has 0 amide bonds. The lowest BCUT2D eigenvalue weighted by molar-refractivity contribution is -0.111. The van der Waals surface area contributed by atoms with Crippen LogP contribution in [0, 0.1) is 40.4 Å². The van der Waals surface area contributed by atoms with Crippen LogP contribution in [-0.4, -0.2) is 0 Å². The lowest BCUT2D eigenvalue weighted by atomic mass is 9.45. The molecule has 0 N–H and O–H groups in total. The maximum Gasteiger partial charge on any atom is -0.0266 e. The molecule has 0 saturated heterocycles. The highest BCUT2D eigenvalue weighted by Crippen LogP contribution is 2.67. The van der Waals surface area contributed by atoms with Gasteiger partial charge in [0.15, 0.2) is 0 Å². The molecule has 0 aromatic rings. The molecule has 4 saturated carbocycles. The fourth-order valence-corrected chi connectivity index (χ4v) is 8.23. The van der Waals surface area contributed by atoms with Crippen LogP contribution in [0.3, 0.4) is 0 Å². The van der Waals surface area contributed by atoms with Crippen molar-refractivity contribution in [1.29, 1.82) is 0 Å². The van der Waals surface area contributed by atoms with Crippen molar-refractivity contribution >= 4 is 0 Å². The summed E-state index contributed by atoms with van der Waals surface area (Å²) < 4.78 is 0. The lowest BCUT2D eigenvalue weighted by Crippen LogP contribution is -2.52. The molecular weight excluding hydrogens is 288 g/mol. The summed E-state index contributed by atoms with van der Waals surface area (Å²) in [6.07, 6.45) is 18.5. The van der Waals surface area contributed by atoms with Gasteiger partial charge in [-0.15, -0.1) is 0 Å². The van der Waals surface area contributed by atoms with Crippen molar-refractivity contribution in [3.05, 3.63) is 0 Å². The summed E-state index contributed by atoms with van der Waals surface area (Å²) in [6.45, 7) is 11.8. The monoisotopic (exact) mass is 332 g/mol. The van der Waals surface area contributed by atoms with E-state index >= 15 is 0 Å². The van der Waals surface area contributed by atoms with Gasteiger partial charge in [-0.3, -0.25) is 0 Å². The molecule has 24 heavy (non-hydrogen) atoms. The predicted molar refractivity (Wildman–Crippen MR) is 106 cm³/mol. The first kappa shape index (κ1) is 18.8. The molecule has 0 heterocycles. The van der Waals surface area contributed by atoms with E-state index in [4.69, 9.17) is 0 Å². The molecule has 0 heteroatoms. The zero-order valence-electron chi connectivity index (χ0n) is 17.4. The van der Waals surface area contributed by atoms with Crippen LogP contribution in [0.5, 0.6) is 0 Å². The van der Waals surface area contributed by atoms with Gasteiger partial charge in [-0.2, -0.15) is 0 Å². The van der Waals surface area contributed by atoms with Crippen molar-refractivity contribution in [2.45, 2.75) is 112 Å². The minimum Gasteiger partial charge on any atom is -0.0683 e. The Labute approximate surface area is 152 Å². The molecule has 4 fully saturated rings. The average molecular weight is 333 g/mol. The molecule has 0 bridgehead atoms. The predicted octanol–water partition coefficient (Wildman–Crippen LogP) is 7.86. The standard InChI is InChI=1S/C22H38.C2H6/c1-4-7-16-10-12-19-18-11-9-17-8-5-6-14-21(17,2)20(18)13-15-22(16,19)3;1-2/h16-20H,4-15H2,1-3H3;1-2H3. The number of hydrogen-bond donors (Lipinski definition) is 0. The van der Waals surface area contributed by atoms with Gasteiger partial charge in [-0.05, 0) is 91.8 Å². The largest absolute Gasteiger partial charge is 0.0683 e. The zero-order chi connectivity index (χ0) is 17.4. The van der Waals surface area contributed by atoms with E-state index in [9.17, 15) is 0 Å². The van der Waals surface area contributed by atoms with Crippen LogP contribution in [0.25, 0.3) is 0 Å². The van der Waals surface area contributed by atoms with Crippen molar-refractivity contribution in [1.82, 2.24) is 0 Å². The SMILES string of the molecule is CC.CCCC1CCC2C3CCC4CCCCC4(C)C3CCC12C. The van der Waals surface area contributed by atoms with Gasteiger partial charge >= 0.3 is 0 Å². The molecule has 140 valence electrons. The Bertz CT molecular complexity index is 412. The first-order chi connectivity index (χ1) is 11.6. The first-order valence-corrected chi connectivity index (χ1v) is 11.6. The van der Waals surface area contributed by atoms with E-state index in [2.05, 4.69) is 20.8 Å². The summed E-state index contributed by atoms with van der Waals surface area (Å²) in [5.74, 6) is 5.41. The molecule has 7 atom stereocenters. The van der Waals surface area contributed by atoms with Gasteiger partial charge in [0.25, 0.3) is 0 Å². The minimum atomic E-state index is 0.717. The fourth-order valence-electron chi connectivity index (χ4n) is 8.23. The number of fused-ring (bicyclic) bond motifs is 5. The molecule has 0 spiro atoms. The van der Waals surface area contributed by atoms with Gasteiger partial charge in [0.2, 0.25) is 0 Å². The molecule has 0 aliphatic heterocycles. The molecule has 0 aromatic carbocycles. The Balaban J connectivity index is 0.000000815. The number of hydrogen-bond acceptors (Lipinski definition) is 0. The van der Waals surface area contributed by atoms with E-state index in [1.165, 1.54) is 25.7 Å². The van der Waals surface area contributed by atoms with E-state index in [1.54, 1.807) is 51.4 Å². The van der Waals surface area contributed by atoms with Crippen molar-refractivity contribution in [2.75, 3.05) is 0 Å². The van der Waals surface area contributed by atoms with Crippen LogP contribution in [0.4, 0.5) is 0 Å². The van der Waals surface area contributed by atoms with Crippen molar-refractivity contribution in [3.8, 4) is 0 Å². The molecule has 4 aliphatic carbocycles. The third-order valence-electron chi connectivity index (χ3n) is 9.42. The van der Waals surface area contributed by atoms with Gasteiger partial charge < -0.3 is 0 Å².